The normalized spacial score (nSPS) is 18.0. The summed E-state index contributed by atoms with van der Waals surface area (Å²) >= 11 is 0. The number of rotatable bonds is 5. The predicted octanol–water partition coefficient (Wildman–Crippen LogP) is 2.05. The largest absolute Gasteiger partial charge is 0.335 e. The highest BCUT2D eigenvalue weighted by molar-refractivity contribution is 5.92. The molecular formula is C20H30Cl2N6O. The maximum Gasteiger partial charge on any atom is 0.276 e. The summed E-state index contributed by atoms with van der Waals surface area (Å²) in [5.74, 6) is 0.0119. The van der Waals surface area contributed by atoms with E-state index in [1.165, 1.54) is 5.56 Å². The van der Waals surface area contributed by atoms with Crippen LogP contribution < -0.4 is 5.32 Å². The average molecular weight is 441 g/mol. The lowest BCUT2D eigenvalue weighted by Crippen LogP contribution is -2.49. The number of nitrogens with one attached hydrogen (secondary N) is 1. The second-order valence-corrected chi connectivity index (χ2v) is 7.43. The fourth-order valence-corrected chi connectivity index (χ4v) is 3.89. The molecule has 0 saturated carbocycles. The van der Waals surface area contributed by atoms with Crippen LogP contribution in [0.3, 0.4) is 0 Å². The number of hydrogen-bond donors (Lipinski definition) is 1. The summed E-state index contributed by atoms with van der Waals surface area (Å²) in [7, 11) is 0. The van der Waals surface area contributed by atoms with Crippen LogP contribution in [0.4, 0.5) is 0 Å². The molecule has 0 radical (unpaired) electrons. The molecule has 0 atom stereocenters. The Hall–Kier alpha value is -1.67. The molecule has 1 aromatic carbocycles. The van der Waals surface area contributed by atoms with Crippen LogP contribution >= 0.6 is 24.8 Å². The summed E-state index contributed by atoms with van der Waals surface area (Å²) in [6, 6.07) is 10.9. The van der Waals surface area contributed by atoms with Crippen molar-refractivity contribution in [2.45, 2.75) is 25.3 Å². The van der Waals surface area contributed by atoms with Crippen molar-refractivity contribution in [2.24, 2.45) is 0 Å². The van der Waals surface area contributed by atoms with Gasteiger partial charge >= 0.3 is 0 Å². The monoisotopic (exact) mass is 440 g/mol. The first kappa shape index (κ1) is 23.6. The molecule has 1 aromatic heterocycles. The first-order chi connectivity index (χ1) is 13.3. The van der Waals surface area contributed by atoms with Crippen molar-refractivity contribution in [3.8, 4) is 0 Å². The first-order valence-electron chi connectivity index (χ1n) is 9.98. The second kappa shape index (κ2) is 11.5. The van der Waals surface area contributed by atoms with Crippen molar-refractivity contribution >= 4 is 30.7 Å². The number of carbonyl (C=O) groups excluding carboxylic acids is 1. The third kappa shape index (κ3) is 6.15. The van der Waals surface area contributed by atoms with E-state index in [0.717, 1.165) is 65.1 Å². The maximum absolute atomic E-state index is 12.8. The van der Waals surface area contributed by atoms with E-state index in [9.17, 15) is 4.79 Å². The van der Waals surface area contributed by atoms with Gasteiger partial charge in [-0.05, 0) is 37.9 Å². The van der Waals surface area contributed by atoms with Crippen LogP contribution in [0.5, 0.6) is 0 Å². The standard InChI is InChI=1S/C20H28N6O.2ClH/c27-20(19-16-26(23-22-19)18-6-9-21-10-7-18)25-14-12-24(13-15-25)11-8-17-4-2-1-3-5-17;;/h1-5,16,18,21H,6-15H2;2*1H. The highest BCUT2D eigenvalue weighted by Crippen LogP contribution is 2.17. The topological polar surface area (TPSA) is 66.3 Å². The van der Waals surface area contributed by atoms with Crippen molar-refractivity contribution in [1.29, 1.82) is 0 Å². The number of hydrogen-bond acceptors (Lipinski definition) is 5. The van der Waals surface area contributed by atoms with Gasteiger partial charge in [0, 0.05) is 32.7 Å². The number of halogens is 2. The number of carbonyl (C=O) groups is 1. The number of aromatic nitrogens is 3. The van der Waals surface area contributed by atoms with Crippen LogP contribution in [0, 0.1) is 0 Å². The molecule has 1 amide bonds. The minimum Gasteiger partial charge on any atom is -0.335 e. The Balaban J connectivity index is 0.00000150. The van der Waals surface area contributed by atoms with Crippen molar-refractivity contribution in [3.05, 3.63) is 47.8 Å². The lowest BCUT2D eigenvalue weighted by Gasteiger charge is -2.34. The van der Waals surface area contributed by atoms with Gasteiger partial charge in [0.05, 0.1) is 12.2 Å². The Morgan fingerprint density at radius 3 is 2.41 bits per heavy atom. The van der Waals surface area contributed by atoms with Crippen LogP contribution in [-0.4, -0.2) is 76.5 Å². The molecule has 9 heteroatoms. The van der Waals surface area contributed by atoms with Gasteiger partial charge in [-0.25, -0.2) is 4.68 Å². The molecule has 0 spiro atoms. The Labute approximate surface area is 184 Å². The van der Waals surface area contributed by atoms with Gasteiger partial charge in [0.15, 0.2) is 5.69 Å². The van der Waals surface area contributed by atoms with Gasteiger partial charge in [0.25, 0.3) is 5.91 Å². The van der Waals surface area contributed by atoms with E-state index < -0.39 is 0 Å². The van der Waals surface area contributed by atoms with Gasteiger partial charge in [-0.1, -0.05) is 35.5 Å². The molecule has 2 aliphatic rings. The number of piperidine rings is 1. The molecule has 29 heavy (non-hydrogen) atoms. The van der Waals surface area contributed by atoms with Gasteiger partial charge < -0.3 is 10.2 Å². The zero-order valence-corrected chi connectivity index (χ0v) is 18.2. The van der Waals surface area contributed by atoms with Gasteiger partial charge in [-0.2, -0.15) is 0 Å². The SMILES string of the molecule is Cl.Cl.O=C(c1cn(C2CCNCC2)nn1)N1CCN(CCc2ccccc2)CC1. The fourth-order valence-electron chi connectivity index (χ4n) is 3.89. The molecule has 4 rings (SSSR count). The summed E-state index contributed by atoms with van der Waals surface area (Å²) in [5.41, 5.74) is 1.84. The van der Waals surface area contributed by atoms with Crippen molar-refractivity contribution in [1.82, 2.24) is 30.1 Å². The number of nitrogens with zero attached hydrogens (tertiary/aromatic N) is 5. The Morgan fingerprint density at radius 1 is 1.03 bits per heavy atom. The van der Waals surface area contributed by atoms with Gasteiger partial charge in [-0.3, -0.25) is 9.69 Å². The zero-order valence-electron chi connectivity index (χ0n) is 16.6. The van der Waals surface area contributed by atoms with E-state index in [1.807, 2.05) is 15.8 Å². The number of piperazine rings is 1. The average Bonchev–Trinajstić information content (AvgIpc) is 3.24. The quantitative estimate of drug-likeness (QED) is 0.770. The molecule has 2 fully saturated rings. The predicted molar refractivity (Wildman–Crippen MR) is 118 cm³/mol. The molecule has 7 nitrogen and oxygen atoms in total. The van der Waals surface area contributed by atoms with Crippen molar-refractivity contribution in [2.75, 3.05) is 45.8 Å². The molecule has 160 valence electrons. The van der Waals surface area contributed by atoms with Gasteiger partial charge in [-0.15, -0.1) is 29.9 Å². The van der Waals surface area contributed by atoms with E-state index in [-0.39, 0.29) is 30.7 Å². The van der Waals surface area contributed by atoms with E-state index in [1.54, 1.807) is 0 Å². The molecule has 2 saturated heterocycles. The molecule has 3 heterocycles. The van der Waals surface area contributed by atoms with E-state index in [2.05, 4.69) is 50.9 Å². The second-order valence-electron chi connectivity index (χ2n) is 7.43. The Bertz CT molecular complexity index is 742. The summed E-state index contributed by atoms with van der Waals surface area (Å²) < 4.78 is 1.88. The highest BCUT2D eigenvalue weighted by atomic mass is 35.5. The molecule has 1 N–H and O–H groups in total. The maximum atomic E-state index is 12.8. The molecule has 0 bridgehead atoms. The number of amides is 1. The molecule has 2 aromatic rings. The van der Waals surface area contributed by atoms with Gasteiger partial charge in [0.1, 0.15) is 0 Å². The van der Waals surface area contributed by atoms with Crippen LogP contribution in [0.15, 0.2) is 36.5 Å². The van der Waals surface area contributed by atoms with Crippen LogP contribution in [0.2, 0.25) is 0 Å². The van der Waals surface area contributed by atoms with E-state index >= 15 is 0 Å². The van der Waals surface area contributed by atoms with Gasteiger partial charge in [0.2, 0.25) is 0 Å². The van der Waals surface area contributed by atoms with Crippen LogP contribution in [0.25, 0.3) is 0 Å². The first-order valence-corrected chi connectivity index (χ1v) is 9.98. The third-order valence-electron chi connectivity index (χ3n) is 5.63. The Kier molecular flexibility index (Phi) is 9.36. The molecule has 0 aliphatic carbocycles. The third-order valence-corrected chi connectivity index (χ3v) is 5.63. The summed E-state index contributed by atoms with van der Waals surface area (Å²) in [6.07, 6.45) is 4.97. The Morgan fingerprint density at radius 2 is 1.72 bits per heavy atom. The summed E-state index contributed by atoms with van der Waals surface area (Å²) in [6.45, 7) is 6.39. The summed E-state index contributed by atoms with van der Waals surface area (Å²) in [5, 5.41) is 11.7. The van der Waals surface area contributed by atoms with Crippen molar-refractivity contribution < 1.29 is 4.79 Å². The number of benzene rings is 1. The minimum absolute atomic E-state index is 0. The summed E-state index contributed by atoms with van der Waals surface area (Å²) in [4.78, 5) is 17.1. The smallest absolute Gasteiger partial charge is 0.276 e. The highest BCUT2D eigenvalue weighted by Gasteiger charge is 2.25. The van der Waals surface area contributed by atoms with Crippen LogP contribution in [0.1, 0.15) is 34.9 Å². The van der Waals surface area contributed by atoms with Crippen molar-refractivity contribution in [3.63, 3.8) is 0 Å². The molecule has 2 aliphatic heterocycles. The molecule has 0 unspecified atom stereocenters. The van der Waals surface area contributed by atoms with E-state index in [0.29, 0.717) is 11.7 Å². The zero-order chi connectivity index (χ0) is 18.5. The lowest BCUT2D eigenvalue weighted by atomic mass is 10.1. The molecular weight excluding hydrogens is 411 g/mol. The lowest BCUT2D eigenvalue weighted by molar-refractivity contribution is 0.0632. The minimum atomic E-state index is 0. The van der Waals surface area contributed by atoms with Crippen LogP contribution in [-0.2, 0) is 6.42 Å². The van der Waals surface area contributed by atoms with E-state index in [4.69, 9.17) is 0 Å². The fraction of sp³-hybridized carbons (Fsp3) is 0.550.